The van der Waals surface area contributed by atoms with E-state index in [9.17, 15) is 0 Å². The van der Waals surface area contributed by atoms with Gasteiger partial charge in [0.2, 0.25) is 0 Å². The molecule has 1 radical (unpaired) electrons. The Morgan fingerprint density at radius 3 is 2.33 bits per heavy atom. The van der Waals surface area contributed by atoms with Gasteiger partial charge in [-0.25, -0.2) is 0 Å². The van der Waals surface area contributed by atoms with Crippen molar-refractivity contribution in [2.24, 2.45) is 11.1 Å². The topological polar surface area (TPSA) is 26.0 Å². The molecular weight excluding hydrogens is 218 g/mol. The molecule has 2 N–H and O–H groups in total. The van der Waals surface area contributed by atoms with Crippen LogP contribution in [0.3, 0.4) is 0 Å². The third-order valence-corrected chi connectivity index (χ3v) is 3.68. The molecule has 0 saturated carbocycles. The first kappa shape index (κ1) is 15.2. The van der Waals surface area contributed by atoms with Crippen molar-refractivity contribution in [2.45, 2.75) is 52.9 Å². The van der Waals surface area contributed by atoms with Crippen molar-refractivity contribution in [3.8, 4) is 0 Å². The van der Waals surface area contributed by atoms with Gasteiger partial charge in [0.15, 0.2) is 0 Å². The highest BCUT2D eigenvalue weighted by Crippen LogP contribution is 2.38. The number of rotatable bonds is 8. The van der Waals surface area contributed by atoms with E-state index >= 15 is 0 Å². The Hall–Kier alpha value is -0.820. The Morgan fingerprint density at radius 1 is 1.11 bits per heavy atom. The molecule has 0 saturated heterocycles. The van der Waals surface area contributed by atoms with Crippen LogP contribution in [0.4, 0.5) is 0 Å². The average molecular weight is 246 g/mol. The minimum atomic E-state index is 0.284. The van der Waals surface area contributed by atoms with E-state index in [2.05, 4.69) is 51.1 Å². The van der Waals surface area contributed by atoms with Crippen molar-refractivity contribution >= 4 is 0 Å². The van der Waals surface area contributed by atoms with Crippen LogP contribution in [0.15, 0.2) is 30.3 Å². The molecule has 1 heteroatoms. The Bertz CT molecular complexity index is 316. The zero-order valence-corrected chi connectivity index (χ0v) is 12.2. The molecule has 18 heavy (non-hydrogen) atoms. The van der Waals surface area contributed by atoms with E-state index < -0.39 is 0 Å². The molecule has 0 unspecified atom stereocenters. The van der Waals surface area contributed by atoms with Gasteiger partial charge in [0, 0.05) is 0 Å². The zero-order chi connectivity index (χ0) is 13.4. The molecule has 0 amide bonds. The Morgan fingerprint density at radius 2 is 1.78 bits per heavy atom. The summed E-state index contributed by atoms with van der Waals surface area (Å²) in [5.41, 5.74) is 7.37. The molecule has 0 heterocycles. The van der Waals surface area contributed by atoms with Crippen LogP contribution in [0.25, 0.3) is 0 Å². The average Bonchev–Trinajstić information content (AvgIpc) is 2.35. The highest BCUT2D eigenvalue weighted by molar-refractivity contribution is 5.19. The van der Waals surface area contributed by atoms with Gasteiger partial charge in [-0.3, -0.25) is 0 Å². The summed E-state index contributed by atoms with van der Waals surface area (Å²) >= 11 is 0. The third-order valence-electron chi connectivity index (χ3n) is 3.68. The molecule has 1 nitrogen and oxygen atoms in total. The van der Waals surface area contributed by atoms with E-state index in [0.29, 0.717) is 0 Å². The van der Waals surface area contributed by atoms with Crippen LogP contribution in [0, 0.1) is 11.3 Å². The van der Waals surface area contributed by atoms with Crippen molar-refractivity contribution in [3.05, 3.63) is 41.8 Å². The Balaban J connectivity index is 2.67. The summed E-state index contributed by atoms with van der Waals surface area (Å²) in [5.74, 6) is 1.68. The number of nitrogens with two attached hydrogens (primary N) is 1. The number of hydrogen-bond acceptors (Lipinski definition) is 1. The second-order valence-corrected chi connectivity index (χ2v) is 5.79. The van der Waals surface area contributed by atoms with Gasteiger partial charge in [0.25, 0.3) is 0 Å². The lowest BCUT2D eigenvalue weighted by Crippen LogP contribution is -2.25. The van der Waals surface area contributed by atoms with Crippen LogP contribution in [-0.2, 0) is 6.42 Å². The first-order valence-electron chi connectivity index (χ1n) is 7.19. The summed E-state index contributed by atoms with van der Waals surface area (Å²) < 4.78 is 0. The summed E-state index contributed by atoms with van der Waals surface area (Å²) in [6, 6.07) is 10.8. The molecule has 0 fully saturated rings. The maximum absolute atomic E-state index is 5.66. The minimum Gasteiger partial charge on any atom is -0.330 e. The molecule has 0 aliphatic rings. The second-order valence-electron chi connectivity index (χ2n) is 5.79. The van der Waals surface area contributed by atoms with E-state index in [-0.39, 0.29) is 5.41 Å². The van der Waals surface area contributed by atoms with Gasteiger partial charge >= 0.3 is 0 Å². The van der Waals surface area contributed by atoms with Crippen LogP contribution in [0.2, 0.25) is 0 Å². The van der Waals surface area contributed by atoms with Gasteiger partial charge < -0.3 is 5.73 Å². The quantitative estimate of drug-likeness (QED) is 0.724. The van der Waals surface area contributed by atoms with Gasteiger partial charge in [-0.2, -0.15) is 0 Å². The predicted octanol–water partition coefficient (Wildman–Crippen LogP) is 4.37. The largest absolute Gasteiger partial charge is 0.330 e. The smallest absolute Gasteiger partial charge is 0.00771 e. The lowest BCUT2D eigenvalue weighted by molar-refractivity contribution is 0.337. The SMILES string of the molecule is CCC[C](CCCN)C(C)(C)Cc1ccccc1. The first-order chi connectivity index (χ1) is 8.60. The zero-order valence-electron chi connectivity index (χ0n) is 12.2. The number of benzene rings is 1. The maximum Gasteiger partial charge on any atom is -0.00771 e. The molecule has 0 spiro atoms. The highest BCUT2D eigenvalue weighted by atomic mass is 14.5. The summed E-state index contributed by atoms with van der Waals surface area (Å²) in [4.78, 5) is 0. The second kappa shape index (κ2) is 7.58. The molecule has 0 bridgehead atoms. The molecule has 0 aromatic heterocycles. The maximum atomic E-state index is 5.66. The highest BCUT2D eigenvalue weighted by Gasteiger charge is 2.28. The molecule has 0 atom stereocenters. The molecule has 1 aromatic carbocycles. The summed E-state index contributed by atoms with van der Waals surface area (Å²) in [6.07, 6.45) is 5.91. The van der Waals surface area contributed by atoms with Gasteiger partial charge in [0.1, 0.15) is 0 Å². The third kappa shape index (κ3) is 4.81. The van der Waals surface area contributed by atoms with E-state index in [4.69, 9.17) is 5.73 Å². The lowest BCUT2D eigenvalue weighted by atomic mass is 9.70. The normalized spacial score (nSPS) is 12.1. The molecule has 101 valence electrons. The van der Waals surface area contributed by atoms with Crippen molar-refractivity contribution < 1.29 is 0 Å². The van der Waals surface area contributed by atoms with Crippen LogP contribution in [0.5, 0.6) is 0 Å². The summed E-state index contributed by atoms with van der Waals surface area (Å²) in [6.45, 7) is 7.82. The monoisotopic (exact) mass is 246 g/mol. The molecule has 0 aliphatic carbocycles. The summed E-state index contributed by atoms with van der Waals surface area (Å²) in [5, 5.41) is 0. The first-order valence-corrected chi connectivity index (χ1v) is 7.19. The van der Waals surface area contributed by atoms with Crippen LogP contribution < -0.4 is 5.73 Å². The van der Waals surface area contributed by atoms with Crippen LogP contribution in [0.1, 0.15) is 52.0 Å². The van der Waals surface area contributed by atoms with Crippen molar-refractivity contribution in [1.82, 2.24) is 0 Å². The van der Waals surface area contributed by atoms with E-state index in [1.165, 1.54) is 24.8 Å². The van der Waals surface area contributed by atoms with Gasteiger partial charge in [0.05, 0.1) is 0 Å². The molecule has 1 rings (SSSR count). The van der Waals surface area contributed by atoms with E-state index in [1.54, 1.807) is 5.92 Å². The molecule has 0 aliphatic heterocycles. The predicted molar refractivity (Wildman–Crippen MR) is 80.4 cm³/mol. The fraction of sp³-hybridized carbons (Fsp3) is 0.588. The van der Waals surface area contributed by atoms with E-state index in [0.717, 1.165) is 19.4 Å². The minimum absolute atomic E-state index is 0.284. The van der Waals surface area contributed by atoms with E-state index in [1.807, 2.05) is 0 Å². The Kier molecular flexibility index (Phi) is 6.42. The molecular formula is C17H28N. The van der Waals surface area contributed by atoms with Gasteiger partial charge in [-0.15, -0.1) is 0 Å². The van der Waals surface area contributed by atoms with Crippen LogP contribution in [-0.4, -0.2) is 6.54 Å². The lowest BCUT2D eigenvalue weighted by Gasteiger charge is -2.34. The standard InChI is InChI=1S/C17H28N/c1-4-9-16(12-8-13-18)17(2,3)14-15-10-6-5-7-11-15/h5-7,10-11H,4,8-9,12-14,18H2,1-3H3. The fourth-order valence-electron chi connectivity index (χ4n) is 2.65. The fourth-order valence-corrected chi connectivity index (χ4v) is 2.65. The Labute approximate surface area is 113 Å². The van der Waals surface area contributed by atoms with Gasteiger partial charge in [-0.1, -0.05) is 57.5 Å². The summed E-state index contributed by atoms with van der Waals surface area (Å²) in [7, 11) is 0. The van der Waals surface area contributed by atoms with Crippen LogP contribution >= 0.6 is 0 Å². The molecule has 1 aromatic rings. The number of hydrogen-bond donors (Lipinski definition) is 1. The van der Waals surface area contributed by atoms with Gasteiger partial charge in [-0.05, 0) is 49.1 Å². The van der Waals surface area contributed by atoms with Crippen molar-refractivity contribution in [1.29, 1.82) is 0 Å². The van der Waals surface area contributed by atoms with Crippen molar-refractivity contribution in [3.63, 3.8) is 0 Å². The van der Waals surface area contributed by atoms with Crippen molar-refractivity contribution in [2.75, 3.05) is 6.54 Å².